The summed E-state index contributed by atoms with van der Waals surface area (Å²) in [6.07, 6.45) is 13.9. The van der Waals surface area contributed by atoms with Crippen molar-refractivity contribution >= 4 is 28.7 Å². The van der Waals surface area contributed by atoms with Crippen LogP contribution >= 0.6 is 0 Å². The van der Waals surface area contributed by atoms with E-state index >= 15 is 0 Å². The van der Waals surface area contributed by atoms with Crippen molar-refractivity contribution in [1.82, 2.24) is 9.88 Å². The zero-order valence-corrected chi connectivity index (χ0v) is 21.7. The van der Waals surface area contributed by atoms with E-state index in [4.69, 9.17) is 4.74 Å². The van der Waals surface area contributed by atoms with Crippen molar-refractivity contribution in [3.8, 4) is 0 Å². The number of aryl methyl sites for hydroxylation is 1. The van der Waals surface area contributed by atoms with Crippen molar-refractivity contribution in [2.24, 2.45) is 0 Å². The first-order valence-corrected chi connectivity index (χ1v) is 13.8. The highest BCUT2D eigenvalue weighted by Gasteiger charge is 2.34. The number of esters is 1. The second kappa shape index (κ2) is 13.8. The van der Waals surface area contributed by atoms with E-state index in [-0.39, 0.29) is 17.8 Å². The van der Waals surface area contributed by atoms with Crippen LogP contribution in [-0.4, -0.2) is 40.8 Å². The molecule has 0 fully saturated rings. The van der Waals surface area contributed by atoms with Gasteiger partial charge >= 0.3 is 5.97 Å². The van der Waals surface area contributed by atoms with Gasteiger partial charge in [0.2, 0.25) is 0 Å². The van der Waals surface area contributed by atoms with Gasteiger partial charge in [-0.25, -0.2) is 0 Å². The summed E-state index contributed by atoms with van der Waals surface area (Å²) >= 11 is 0. The van der Waals surface area contributed by atoms with Crippen LogP contribution in [-0.2, 0) is 16.0 Å². The molecule has 0 saturated carbocycles. The number of amides is 2. The van der Waals surface area contributed by atoms with Crippen molar-refractivity contribution in [2.45, 2.75) is 77.0 Å². The van der Waals surface area contributed by atoms with Crippen molar-refractivity contribution in [2.75, 3.05) is 13.2 Å². The molecule has 4 rings (SSSR count). The number of aromatic nitrogens is 1. The molecule has 196 valence electrons. The highest BCUT2D eigenvalue weighted by Crippen LogP contribution is 2.23. The third-order valence-electron chi connectivity index (χ3n) is 7.17. The minimum Gasteiger partial charge on any atom is -0.466 e. The van der Waals surface area contributed by atoms with E-state index in [1.807, 2.05) is 18.3 Å². The Morgan fingerprint density at radius 3 is 2.03 bits per heavy atom. The fourth-order valence-electron chi connectivity index (χ4n) is 5.07. The minimum atomic E-state index is -0.156. The van der Waals surface area contributed by atoms with E-state index in [1.54, 1.807) is 24.3 Å². The SMILES string of the molecule is O=C(CCCc1c[nH]c2ccccc12)OCCCCCCCCCCCN1C(=O)c2ccccc2C1=O. The molecule has 1 aliphatic rings. The van der Waals surface area contributed by atoms with Gasteiger partial charge in [-0.15, -0.1) is 0 Å². The third kappa shape index (κ3) is 7.31. The molecule has 1 N–H and O–H groups in total. The van der Waals surface area contributed by atoms with Crippen molar-refractivity contribution < 1.29 is 19.1 Å². The molecule has 0 aliphatic carbocycles. The van der Waals surface area contributed by atoms with E-state index in [0.717, 1.165) is 56.9 Å². The van der Waals surface area contributed by atoms with Gasteiger partial charge in [0.05, 0.1) is 17.7 Å². The lowest BCUT2D eigenvalue weighted by Gasteiger charge is -2.13. The van der Waals surface area contributed by atoms with Crippen LogP contribution in [0.5, 0.6) is 0 Å². The number of H-pyrrole nitrogens is 1. The highest BCUT2D eigenvalue weighted by atomic mass is 16.5. The van der Waals surface area contributed by atoms with Crippen LogP contribution in [0.1, 0.15) is 96.9 Å². The molecule has 6 nitrogen and oxygen atoms in total. The molecule has 2 amide bonds. The number of hydrogen-bond donors (Lipinski definition) is 1. The van der Waals surface area contributed by atoms with E-state index in [0.29, 0.717) is 30.7 Å². The monoisotopic (exact) mass is 502 g/mol. The molecule has 6 heteroatoms. The number of imide groups is 1. The number of unbranched alkanes of at least 4 members (excludes halogenated alkanes) is 8. The number of ether oxygens (including phenoxy) is 1. The van der Waals surface area contributed by atoms with Crippen molar-refractivity contribution in [1.29, 1.82) is 0 Å². The lowest BCUT2D eigenvalue weighted by molar-refractivity contribution is -0.143. The number of nitrogens with zero attached hydrogens (tertiary/aromatic N) is 1. The Hall–Kier alpha value is -3.41. The molecule has 0 radical (unpaired) electrons. The number of para-hydroxylation sites is 1. The van der Waals surface area contributed by atoms with Gasteiger partial charge in [0, 0.05) is 30.1 Å². The lowest BCUT2D eigenvalue weighted by atomic mass is 10.1. The van der Waals surface area contributed by atoms with Crippen LogP contribution in [0.2, 0.25) is 0 Å². The van der Waals surface area contributed by atoms with Gasteiger partial charge in [-0.3, -0.25) is 19.3 Å². The fourth-order valence-corrected chi connectivity index (χ4v) is 5.07. The Morgan fingerprint density at radius 2 is 1.32 bits per heavy atom. The van der Waals surface area contributed by atoms with Gasteiger partial charge in [-0.05, 0) is 49.4 Å². The second-order valence-corrected chi connectivity index (χ2v) is 9.92. The van der Waals surface area contributed by atoms with Crippen LogP contribution in [0.3, 0.4) is 0 Å². The summed E-state index contributed by atoms with van der Waals surface area (Å²) in [5.74, 6) is -0.408. The third-order valence-corrected chi connectivity index (χ3v) is 7.17. The Morgan fingerprint density at radius 1 is 0.730 bits per heavy atom. The molecule has 0 spiro atoms. The van der Waals surface area contributed by atoms with Crippen molar-refractivity contribution in [3.63, 3.8) is 0 Å². The molecule has 0 saturated heterocycles. The van der Waals surface area contributed by atoms with Gasteiger partial charge < -0.3 is 9.72 Å². The maximum absolute atomic E-state index is 12.4. The highest BCUT2D eigenvalue weighted by molar-refractivity contribution is 6.21. The molecule has 2 aromatic carbocycles. The van der Waals surface area contributed by atoms with Crippen LogP contribution < -0.4 is 0 Å². The molecule has 37 heavy (non-hydrogen) atoms. The second-order valence-electron chi connectivity index (χ2n) is 9.92. The summed E-state index contributed by atoms with van der Waals surface area (Å²) in [7, 11) is 0. The average molecular weight is 503 g/mol. The summed E-state index contributed by atoms with van der Waals surface area (Å²) in [6, 6.07) is 15.3. The minimum absolute atomic E-state index is 0.0962. The molecule has 0 unspecified atom stereocenters. The first-order valence-electron chi connectivity index (χ1n) is 13.8. The average Bonchev–Trinajstić information content (AvgIpc) is 3.43. The molecule has 1 aromatic heterocycles. The predicted molar refractivity (Wildman–Crippen MR) is 146 cm³/mol. The van der Waals surface area contributed by atoms with E-state index in [9.17, 15) is 14.4 Å². The Bertz CT molecular complexity index is 1160. The van der Waals surface area contributed by atoms with E-state index in [1.165, 1.54) is 35.1 Å². The molecule has 1 aliphatic heterocycles. The first kappa shape index (κ1) is 26.6. The lowest BCUT2D eigenvalue weighted by Crippen LogP contribution is -2.30. The number of carbonyl (C=O) groups excluding carboxylic acids is 3. The Balaban J connectivity index is 0.942. The fraction of sp³-hybridized carbons (Fsp3) is 0.452. The molecule has 0 atom stereocenters. The van der Waals surface area contributed by atoms with E-state index < -0.39 is 0 Å². The zero-order chi connectivity index (χ0) is 25.9. The number of hydrogen-bond acceptors (Lipinski definition) is 4. The van der Waals surface area contributed by atoms with Gasteiger partial charge in [0.25, 0.3) is 11.8 Å². The van der Waals surface area contributed by atoms with Gasteiger partial charge in [0.1, 0.15) is 0 Å². The smallest absolute Gasteiger partial charge is 0.305 e. The number of fused-ring (bicyclic) bond motifs is 2. The largest absolute Gasteiger partial charge is 0.466 e. The summed E-state index contributed by atoms with van der Waals surface area (Å²) in [6.45, 7) is 1.03. The maximum Gasteiger partial charge on any atom is 0.305 e. The summed E-state index contributed by atoms with van der Waals surface area (Å²) < 4.78 is 5.40. The maximum atomic E-state index is 12.4. The molecular weight excluding hydrogens is 464 g/mol. The number of aromatic amines is 1. The predicted octanol–water partition coefficient (Wildman–Crippen LogP) is 6.84. The molecular formula is C31H38N2O4. The summed E-state index contributed by atoms with van der Waals surface area (Å²) in [5.41, 5.74) is 3.46. The Kier molecular flexibility index (Phi) is 9.92. The van der Waals surface area contributed by atoms with Crippen LogP contribution in [0.15, 0.2) is 54.7 Å². The molecule has 0 bridgehead atoms. The van der Waals surface area contributed by atoms with Crippen molar-refractivity contribution in [3.05, 3.63) is 71.4 Å². The van der Waals surface area contributed by atoms with Crippen LogP contribution in [0.25, 0.3) is 10.9 Å². The number of carbonyl (C=O) groups is 3. The van der Waals surface area contributed by atoms with Crippen LogP contribution in [0.4, 0.5) is 0 Å². The topological polar surface area (TPSA) is 79.5 Å². The standard InChI is InChI=1S/C31H38N2O4/c34-29(20-14-15-24-23-32-28-19-11-10-16-25(24)28)37-22-13-7-5-3-1-2-4-6-12-21-33-30(35)26-17-8-9-18-27(26)31(33)36/h8-11,16-19,23,32H,1-7,12-15,20-22H2. The summed E-state index contributed by atoms with van der Waals surface area (Å²) in [4.78, 5) is 41.4. The summed E-state index contributed by atoms with van der Waals surface area (Å²) in [5, 5.41) is 1.23. The zero-order valence-electron chi connectivity index (χ0n) is 21.7. The van der Waals surface area contributed by atoms with Gasteiger partial charge in [-0.2, -0.15) is 0 Å². The number of nitrogens with one attached hydrogen (secondary N) is 1. The van der Waals surface area contributed by atoms with Crippen LogP contribution in [0, 0.1) is 0 Å². The normalized spacial score (nSPS) is 12.9. The number of benzene rings is 2. The van der Waals surface area contributed by atoms with Gasteiger partial charge in [0.15, 0.2) is 0 Å². The number of rotatable bonds is 16. The first-order chi connectivity index (χ1) is 18.1. The quantitative estimate of drug-likeness (QED) is 0.132. The molecule has 2 heterocycles. The Labute approximate surface area is 219 Å². The van der Waals surface area contributed by atoms with Gasteiger partial charge in [-0.1, -0.05) is 75.3 Å². The van der Waals surface area contributed by atoms with E-state index in [2.05, 4.69) is 17.1 Å². The molecule has 3 aromatic rings.